The molecule has 86 valence electrons. The van der Waals surface area contributed by atoms with Crippen molar-refractivity contribution in [2.75, 3.05) is 6.54 Å². The van der Waals surface area contributed by atoms with E-state index in [9.17, 15) is 8.78 Å². The minimum atomic E-state index is -2.27. The van der Waals surface area contributed by atoms with Crippen molar-refractivity contribution in [1.29, 1.82) is 0 Å². The highest BCUT2D eigenvalue weighted by molar-refractivity contribution is 7.10. The summed E-state index contributed by atoms with van der Waals surface area (Å²) in [5.41, 5.74) is 2.47. The van der Waals surface area contributed by atoms with Crippen molar-refractivity contribution in [2.24, 2.45) is 0 Å². The number of nitrogens with one attached hydrogen (secondary N) is 1. The van der Waals surface area contributed by atoms with Gasteiger partial charge in [0, 0.05) is 11.4 Å². The van der Waals surface area contributed by atoms with Crippen molar-refractivity contribution in [3.63, 3.8) is 0 Å². The van der Waals surface area contributed by atoms with Crippen molar-refractivity contribution in [3.05, 3.63) is 21.4 Å². The Bertz CT molecular complexity index is 308. The molecule has 1 rings (SSSR count). The van der Waals surface area contributed by atoms with Gasteiger partial charge in [-0.25, -0.2) is 8.78 Å². The Labute approximate surface area is 93.5 Å². The summed E-state index contributed by atoms with van der Waals surface area (Å²) in [5, 5.41) is 4.83. The van der Waals surface area contributed by atoms with E-state index in [1.807, 2.05) is 0 Å². The Morgan fingerprint density at radius 1 is 1.40 bits per heavy atom. The number of hydrogen-bond donors (Lipinski definition) is 1. The first kappa shape index (κ1) is 12.6. The van der Waals surface area contributed by atoms with Gasteiger partial charge in [0.1, 0.15) is 0 Å². The second kappa shape index (κ2) is 5.56. The molecular formula is C11H17F2NS. The van der Waals surface area contributed by atoms with Crippen molar-refractivity contribution < 1.29 is 8.78 Å². The first-order chi connectivity index (χ1) is 7.02. The third-order valence-corrected chi connectivity index (χ3v) is 3.27. The first-order valence-corrected chi connectivity index (χ1v) is 5.96. The largest absolute Gasteiger partial charge is 0.307 e. The molecule has 0 spiro atoms. The molecule has 0 aliphatic rings. The Morgan fingerprint density at radius 3 is 2.60 bits per heavy atom. The zero-order valence-corrected chi connectivity index (χ0v) is 10.1. The molecule has 15 heavy (non-hydrogen) atoms. The van der Waals surface area contributed by atoms with Crippen molar-refractivity contribution >= 4 is 11.3 Å². The third kappa shape index (κ3) is 3.54. The third-order valence-electron chi connectivity index (χ3n) is 2.29. The molecule has 0 radical (unpaired) electrons. The summed E-state index contributed by atoms with van der Waals surface area (Å²) in [6.45, 7) is 6.66. The summed E-state index contributed by atoms with van der Waals surface area (Å²) in [4.78, 5) is 1.29. The molecule has 0 aromatic carbocycles. The lowest BCUT2D eigenvalue weighted by Gasteiger charge is -2.10. The Kier molecular flexibility index (Phi) is 4.67. The van der Waals surface area contributed by atoms with Crippen LogP contribution in [0.15, 0.2) is 5.38 Å². The van der Waals surface area contributed by atoms with Crippen molar-refractivity contribution in [1.82, 2.24) is 5.32 Å². The van der Waals surface area contributed by atoms with E-state index < -0.39 is 6.43 Å². The van der Waals surface area contributed by atoms with Crippen molar-refractivity contribution in [2.45, 2.75) is 39.7 Å². The summed E-state index contributed by atoms with van der Waals surface area (Å²) in [5.74, 6) is 0.458. The Balaban J connectivity index is 2.61. The zero-order valence-electron chi connectivity index (χ0n) is 9.31. The number of thiophene rings is 1. The lowest BCUT2D eigenvalue weighted by molar-refractivity contribution is 0.145. The maximum atomic E-state index is 11.9. The van der Waals surface area contributed by atoms with Gasteiger partial charge in [-0.1, -0.05) is 13.8 Å². The van der Waals surface area contributed by atoms with Crippen LogP contribution in [0.25, 0.3) is 0 Å². The molecule has 0 fully saturated rings. The molecule has 1 heterocycles. The van der Waals surface area contributed by atoms with Gasteiger partial charge in [0.2, 0.25) is 0 Å². The number of aryl methyl sites for hydroxylation is 1. The predicted molar refractivity (Wildman–Crippen MR) is 60.9 cm³/mol. The number of rotatable bonds is 5. The monoisotopic (exact) mass is 233 g/mol. The van der Waals surface area contributed by atoms with Gasteiger partial charge >= 0.3 is 0 Å². The van der Waals surface area contributed by atoms with Crippen LogP contribution in [0.3, 0.4) is 0 Å². The van der Waals surface area contributed by atoms with Crippen LogP contribution in [-0.4, -0.2) is 13.0 Å². The topological polar surface area (TPSA) is 12.0 Å². The molecule has 0 saturated carbocycles. The average Bonchev–Trinajstić information content (AvgIpc) is 2.46. The number of hydrogen-bond acceptors (Lipinski definition) is 2. The van der Waals surface area contributed by atoms with Gasteiger partial charge in [0.25, 0.3) is 6.43 Å². The van der Waals surface area contributed by atoms with Gasteiger partial charge < -0.3 is 5.32 Å². The normalized spacial score (nSPS) is 11.7. The molecular weight excluding hydrogens is 216 g/mol. The highest BCUT2D eigenvalue weighted by Gasteiger charge is 2.12. The molecule has 0 aliphatic heterocycles. The van der Waals surface area contributed by atoms with E-state index in [1.54, 1.807) is 11.3 Å². The van der Waals surface area contributed by atoms with Crippen LogP contribution in [0.5, 0.6) is 0 Å². The molecule has 0 amide bonds. The van der Waals surface area contributed by atoms with E-state index >= 15 is 0 Å². The Morgan fingerprint density at radius 2 is 2.07 bits per heavy atom. The van der Waals surface area contributed by atoms with Gasteiger partial charge in [-0.05, 0) is 29.3 Å². The molecule has 0 aliphatic carbocycles. The second-order valence-corrected chi connectivity index (χ2v) is 4.99. The smallest absolute Gasteiger partial charge is 0.250 e. The maximum Gasteiger partial charge on any atom is 0.250 e. The molecule has 0 atom stereocenters. The second-order valence-electron chi connectivity index (χ2n) is 3.91. The summed E-state index contributed by atoms with van der Waals surface area (Å²) < 4.78 is 23.9. The van der Waals surface area contributed by atoms with Crippen LogP contribution in [-0.2, 0) is 6.54 Å². The average molecular weight is 233 g/mol. The fourth-order valence-corrected chi connectivity index (χ4v) is 2.77. The van der Waals surface area contributed by atoms with Crippen LogP contribution >= 0.6 is 11.3 Å². The van der Waals surface area contributed by atoms with Crippen LogP contribution in [0, 0.1) is 6.92 Å². The molecule has 0 saturated heterocycles. The van der Waals surface area contributed by atoms with Gasteiger partial charge in [0.05, 0.1) is 6.54 Å². The molecule has 4 heteroatoms. The summed E-state index contributed by atoms with van der Waals surface area (Å²) in [6.07, 6.45) is -2.27. The lowest BCUT2D eigenvalue weighted by Crippen LogP contribution is -2.21. The summed E-state index contributed by atoms with van der Waals surface area (Å²) in [7, 11) is 0. The standard InChI is InChI=1S/C11H17F2NS/c1-7(2)11-8(3)15-6-9(11)4-14-5-10(12)13/h6-7,10,14H,4-5H2,1-3H3. The first-order valence-electron chi connectivity index (χ1n) is 5.08. The van der Waals surface area contributed by atoms with E-state index in [4.69, 9.17) is 0 Å². The van der Waals surface area contributed by atoms with Gasteiger partial charge in [-0.15, -0.1) is 11.3 Å². The highest BCUT2D eigenvalue weighted by Crippen LogP contribution is 2.28. The minimum Gasteiger partial charge on any atom is -0.307 e. The fraction of sp³-hybridized carbons (Fsp3) is 0.636. The molecule has 1 nitrogen and oxygen atoms in total. The molecule has 0 unspecified atom stereocenters. The molecule has 1 N–H and O–H groups in total. The van der Waals surface area contributed by atoms with E-state index in [0.29, 0.717) is 12.5 Å². The quantitative estimate of drug-likeness (QED) is 0.820. The summed E-state index contributed by atoms with van der Waals surface area (Å²) >= 11 is 1.69. The van der Waals surface area contributed by atoms with E-state index in [2.05, 4.69) is 31.5 Å². The molecule has 0 bridgehead atoms. The molecule has 1 aromatic heterocycles. The SMILES string of the molecule is Cc1scc(CNCC(F)F)c1C(C)C. The number of alkyl halides is 2. The highest BCUT2D eigenvalue weighted by atomic mass is 32.1. The zero-order chi connectivity index (χ0) is 11.4. The predicted octanol–water partition coefficient (Wildman–Crippen LogP) is 3.53. The minimum absolute atomic E-state index is 0.230. The van der Waals surface area contributed by atoms with E-state index in [1.165, 1.54) is 10.4 Å². The van der Waals surface area contributed by atoms with E-state index in [0.717, 1.165) is 5.56 Å². The van der Waals surface area contributed by atoms with Gasteiger partial charge in [-0.3, -0.25) is 0 Å². The van der Waals surface area contributed by atoms with E-state index in [-0.39, 0.29) is 6.54 Å². The summed E-state index contributed by atoms with van der Waals surface area (Å²) in [6, 6.07) is 0. The van der Waals surface area contributed by atoms with Crippen LogP contribution in [0.1, 0.15) is 35.8 Å². The van der Waals surface area contributed by atoms with Crippen molar-refractivity contribution in [3.8, 4) is 0 Å². The fourth-order valence-electron chi connectivity index (χ4n) is 1.74. The molecule has 1 aromatic rings. The van der Waals surface area contributed by atoms with Gasteiger partial charge in [-0.2, -0.15) is 0 Å². The maximum absolute atomic E-state index is 11.9. The van der Waals surface area contributed by atoms with Crippen LogP contribution < -0.4 is 5.32 Å². The Hall–Kier alpha value is -0.480. The van der Waals surface area contributed by atoms with Crippen LogP contribution in [0.2, 0.25) is 0 Å². The number of halogens is 2. The van der Waals surface area contributed by atoms with Crippen LogP contribution in [0.4, 0.5) is 8.78 Å². The van der Waals surface area contributed by atoms with Gasteiger partial charge in [0.15, 0.2) is 0 Å². The lowest BCUT2D eigenvalue weighted by atomic mass is 9.99.